The third-order valence-corrected chi connectivity index (χ3v) is 4.57. The second-order valence-corrected chi connectivity index (χ2v) is 6.81. The molecule has 3 aromatic rings. The topological polar surface area (TPSA) is 91.1 Å². The molecule has 0 aliphatic rings. The summed E-state index contributed by atoms with van der Waals surface area (Å²) >= 11 is 1.80. The minimum Gasteiger partial charge on any atom is -0.461 e. The van der Waals surface area contributed by atoms with Crippen LogP contribution in [0.25, 0.3) is 11.6 Å². The van der Waals surface area contributed by atoms with E-state index in [9.17, 15) is 0 Å². The fourth-order valence-electron chi connectivity index (χ4n) is 2.39. The fraction of sp³-hybridized carbons (Fsp3) is 0.353. The number of H-pyrrole nitrogens is 1. The third kappa shape index (κ3) is 4.93. The van der Waals surface area contributed by atoms with E-state index in [1.807, 2.05) is 12.1 Å². The van der Waals surface area contributed by atoms with Gasteiger partial charge in [0.1, 0.15) is 5.82 Å². The maximum Gasteiger partial charge on any atom is 0.216 e. The normalized spacial score (nSPS) is 13.0. The predicted molar refractivity (Wildman–Crippen MR) is 99.5 cm³/mol. The van der Waals surface area contributed by atoms with Crippen LogP contribution >= 0.6 is 11.3 Å². The molecule has 3 heterocycles. The van der Waals surface area contributed by atoms with Crippen LogP contribution in [-0.4, -0.2) is 34.7 Å². The van der Waals surface area contributed by atoms with Gasteiger partial charge in [-0.05, 0) is 35.9 Å². The number of thiophene rings is 1. The molecule has 0 aliphatic heterocycles. The summed E-state index contributed by atoms with van der Waals surface area (Å²) in [6, 6.07) is 7.91. The van der Waals surface area contributed by atoms with Gasteiger partial charge in [-0.25, -0.2) is 4.98 Å². The van der Waals surface area contributed by atoms with E-state index in [0.717, 1.165) is 24.7 Å². The summed E-state index contributed by atoms with van der Waals surface area (Å²) in [5.41, 5.74) is 0. The van der Waals surface area contributed by atoms with Gasteiger partial charge in [0.25, 0.3) is 0 Å². The summed E-state index contributed by atoms with van der Waals surface area (Å²) < 4.78 is 5.29. The van der Waals surface area contributed by atoms with Crippen LogP contribution in [0.5, 0.6) is 0 Å². The Labute approximate surface area is 150 Å². The van der Waals surface area contributed by atoms with E-state index in [1.54, 1.807) is 24.6 Å². The van der Waals surface area contributed by atoms with Crippen molar-refractivity contribution in [1.82, 2.24) is 25.8 Å². The summed E-state index contributed by atoms with van der Waals surface area (Å²) in [6.45, 7) is 3.59. The Morgan fingerprint density at radius 3 is 3.00 bits per heavy atom. The zero-order valence-electron chi connectivity index (χ0n) is 14.3. The molecule has 1 unspecified atom stereocenters. The van der Waals surface area contributed by atoms with Gasteiger partial charge in [0.2, 0.25) is 5.82 Å². The summed E-state index contributed by atoms with van der Waals surface area (Å²) in [7, 11) is 1.76. The highest BCUT2D eigenvalue weighted by atomic mass is 32.1. The minimum absolute atomic E-state index is 0.507. The maximum absolute atomic E-state index is 5.29. The number of nitrogens with zero attached hydrogens (tertiary/aromatic N) is 3. The molecule has 3 rings (SSSR count). The first-order valence-corrected chi connectivity index (χ1v) is 9.04. The Hall–Kier alpha value is -2.61. The van der Waals surface area contributed by atoms with E-state index >= 15 is 0 Å². The SMILES string of the molecule is CN=C(NCc1nc(-c2ccco2)n[nH]1)NCC(C)Cc1cccs1. The largest absolute Gasteiger partial charge is 0.461 e. The van der Waals surface area contributed by atoms with Crippen molar-refractivity contribution in [2.24, 2.45) is 10.9 Å². The van der Waals surface area contributed by atoms with Crippen molar-refractivity contribution >= 4 is 17.3 Å². The van der Waals surface area contributed by atoms with Crippen molar-refractivity contribution in [3.05, 3.63) is 46.6 Å². The lowest BCUT2D eigenvalue weighted by atomic mass is 10.1. The van der Waals surface area contributed by atoms with Crippen molar-refractivity contribution in [2.75, 3.05) is 13.6 Å². The molecule has 0 saturated carbocycles. The van der Waals surface area contributed by atoms with Gasteiger partial charge in [0.15, 0.2) is 11.7 Å². The fourth-order valence-corrected chi connectivity index (χ4v) is 3.26. The molecule has 0 saturated heterocycles. The van der Waals surface area contributed by atoms with Crippen molar-refractivity contribution in [3.63, 3.8) is 0 Å². The standard InChI is InChI=1S/C17H22N6OS/c1-12(9-13-5-4-8-25-13)10-19-17(18-2)20-11-15-21-16(23-22-15)14-6-3-7-24-14/h3-8,12H,9-11H2,1-2H3,(H2,18,19,20)(H,21,22,23). The molecule has 8 heteroatoms. The quantitative estimate of drug-likeness (QED) is 0.446. The van der Waals surface area contributed by atoms with Crippen LogP contribution in [0.4, 0.5) is 0 Å². The minimum atomic E-state index is 0.507. The number of aromatic nitrogens is 3. The van der Waals surface area contributed by atoms with Crippen LogP contribution in [0.15, 0.2) is 45.3 Å². The second kappa shape index (κ2) is 8.48. The molecule has 0 spiro atoms. The Morgan fingerprint density at radius 1 is 1.36 bits per heavy atom. The molecule has 25 heavy (non-hydrogen) atoms. The molecule has 0 bridgehead atoms. The molecule has 0 amide bonds. The van der Waals surface area contributed by atoms with Crippen molar-refractivity contribution in [2.45, 2.75) is 19.9 Å². The highest BCUT2D eigenvalue weighted by molar-refractivity contribution is 7.09. The van der Waals surface area contributed by atoms with Gasteiger partial charge < -0.3 is 15.1 Å². The van der Waals surface area contributed by atoms with Gasteiger partial charge in [-0.15, -0.1) is 16.4 Å². The van der Waals surface area contributed by atoms with Crippen LogP contribution in [0, 0.1) is 5.92 Å². The molecule has 132 valence electrons. The number of hydrogen-bond acceptors (Lipinski definition) is 5. The number of rotatable bonds is 7. The van der Waals surface area contributed by atoms with Gasteiger partial charge in [-0.2, -0.15) is 0 Å². The van der Waals surface area contributed by atoms with Crippen molar-refractivity contribution in [1.29, 1.82) is 0 Å². The molecule has 3 aromatic heterocycles. The van der Waals surface area contributed by atoms with Crippen LogP contribution in [0.2, 0.25) is 0 Å². The monoisotopic (exact) mass is 358 g/mol. The molecule has 7 nitrogen and oxygen atoms in total. The summed E-state index contributed by atoms with van der Waals surface area (Å²) in [5, 5.41) is 15.8. The highest BCUT2D eigenvalue weighted by Gasteiger charge is 2.09. The second-order valence-electron chi connectivity index (χ2n) is 5.78. The van der Waals surface area contributed by atoms with Crippen LogP contribution in [-0.2, 0) is 13.0 Å². The van der Waals surface area contributed by atoms with Crippen LogP contribution < -0.4 is 10.6 Å². The maximum atomic E-state index is 5.29. The highest BCUT2D eigenvalue weighted by Crippen LogP contribution is 2.14. The number of nitrogens with one attached hydrogen (secondary N) is 3. The first kappa shape index (κ1) is 17.2. The van der Waals surface area contributed by atoms with E-state index in [-0.39, 0.29) is 0 Å². The lowest BCUT2D eigenvalue weighted by Gasteiger charge is -2.15. The molecule has 0 fully saturated rings. The number of aliphatic imine (C=N–C) groups is 1. The summed E-state index contributed by atoms with van der Waals surface area (Å²) in [4.78, 5) is 10.1. The average molecular weight is 358 g/mol. The first-order valence-electron chi connectivity index (χ1n) is 8.16. The van der Waals surface area contributed by atoms with Gasteiger partial charge >= 0.3 is 0 Å². The zero-order chi connectivity index (χ0) is 17.5. The number of hydrogen-bond donors (Lipinski definition) is 3. The molecule has 0 aliphatic carbocycles. The van der Waals surface area contributed by atoms with Crippen molar-refractivity contribution in [3.8, 4) is 11.6 Å². The third-order valence-electron chi connectivity index (χ3n) is 3.67. The van der Waals surface area contributed by atoms with E-state index in [2.05, 4.69) is 55.2 Å². The Kier molecular flexibility index (Phi) is 5.84. The van der Waals surface area contributed by atoms with Gasteiger partial charge in [0, 0.05) is 18.5 Å². The molecular weight excluding hydrogens is 336 g/mol. The van der Waals surface area contributed by atoms with Crippen LogP contribution in [0.3, 0.4) is 0 Å². The molecule has 1 atom stereocenters. The van der Waals surface area contributed by atoms with E-state index in [4.69, 9.17) is 4.42 Å². The Bertz CT molecular complexity index is 778. The summed E-state index contributed by atoms with van der Waals surface area (Å²) in [5.74, 6) is 3.18. The predicted octanol–water partition coefficient (Wildman–Crippen LogP) is 2.67. The lowest BCUT2D eigenvalue weighted by Crippen LogP contribution is -2.39. The van der Waals surface area contributed by atoms with Gasteiger partial charge in [-0.1, -0.05) is 13.0 Å². The van der Waals surface area contributed by atoms with Crippen molar-refractivity contribution < 1.29 is 4.42 Å². The van der Waals surface area contributed by atoms with E-state index in [0.29, 0.717) is 24.0 Å². The van der Waals surface area contributed by atoms with Gasteiger partial charge in [-0.3, -0.25) is 10.1 Å². The molecule has 3 N–H and O–H groups in total. The number of furan rings is 1. The molecule has 0 aromatic carbocycles. The van der Waals surface area contributed by atoms with Crippen LogP contribution in [0.1, 0.15) is 17.6 Å². The van der Waals surface area contributed by atoms with Gasteiger partial charge in [0.05, 0.1) is 12.8 Å². The number of aromatic amines is 1. The first-order chi connectivity index (χ1) is 12.2. The molecule has 0 radical (unpaired) electrons. The summed E-state index contributed by atoms with van der Waals surface area (Å²) in [6.07, 6.45) is 2.67. The molecular formula is C17H22N6OS. The Balaban J connectivity index is 1.45. The Morgan fingerprint density at radius 2 is 2.28 bits per heavy atom. The number of guanidine groups is 1. The van der Waals surface area contributed by atoms with E-state index in [1.165, 1.54) is 4.88 Å². The smallest absolute Gasteiger partial charge is 0.216 e. The zero-order valence-corrected chi connectivity index (χ0v) is 15.1. The average Bonchev–Trinajstić information content (AvgIpc) is 3.37. The van der Waals surface area contributed by atoms with E-state index < -0.39 is 0 Å². The lowest BCUT2D eigenvalue weighted by molar-refractivity contribution is 0.561.